The summed E-state index contributed by atoms with van der Waals surface area (Å²) in [6.45, 7) is 4.34. The van der Waals surface area contributed by atoms with E-state index in [-0.39, 0.29) is 12.1 Å². The molecule has 2 N–H and O–H groups in total. The maximum Gasteiger partial charge on any atom is 0.191 e. The predicted octanol–water partition coefficient (Wildman–Crippen LogP) is 2.59. The number of ether oxygens (including phenoxy) is 1. The lowest BCUT2D eigenvalue weighted by molar-refractivity contribution is 0.105. The molecule has 1 saturated heterocycles. The van der Waals surface area contributed by atoms with Gasteiger partial charge in [-0.3, -0.25) is 0 Å². The summed E-state index contributed by atoms with van der Waals surface area (Å²) in [7, 11) is 0. The molecule has 0 radical (unpaired) electrons. The van der Waals surface area contributed by atoms with Crippen LogP contribution < -0.4 is 10.6 Å². The van der Waals surface area contributed by atoms with E-state index in [0.717, 1.165) is 44.5 Å². The lowest BCUT2D eigenvalue weighted by Crippen LogP contribution is -2.38. The van der Waals surface area contributed by atoms with Crippen LogP contribution in [-0.2, 0) is 11.3 Å². The van der Waals surface area contributed by atoms with Gasteiger partial charge in [0.2, 0.25) is 0 Å². The molecule has 1 aromatic rings. The van der Waals surface area contributed by atoms with Crippen LogP contribution in [0.5, 0.6) is 0 Å². The molecule has 0 spiro atoms. The van der Waals surface area contributed by atoms with Gasteiger partial charge in [-0.05, 0) is 44.4 Å². The number of aliphatic imine (C=N–C) groups is 1. The minimum atomic E-state index is -0.456. The van der Waals surface area contributed by atoms with Gasteiger partial charge in [0.1, 0.15) is 11.6 Å². The van der Waals surface area contributed by atoms with Crippen LogP contribution in [0.15, 0.2) is 23.2 Å². The zero-order valence-corrected chi connectivity index (χ0v) is 12.9. The molecule has 0 amide bonds. The molecule has 2 rings (SSSR count). The Bertz CT molecular complexity index is 502. The lowest BCUT2D eigenvalue weighted by atomic mass is 10.2. The number of rotatable bonds is 6. The Hall–Kier alpha value is -1.69. The van der Waals surface area contributed by atoms with E-state index in [9.17, 15) is 8.78 Å². The Morgan fingerprint density at radius 2 is 2.23 bits per heavy atom. The van der Waals surface area contributed by atoms with Crippen molar-refractivity contribution >= 4 is 5.96 Å². The number of guanidine groups is 1. The molecule has 1 unspecified atom stereocenters. The Morgan fingerprint density at radius 1 is 1.36 bits per heavy atom. The molecule has 4 nitrogen and oxygen atoms in total. The van der Waals surface area contributed by atoms with Crippen molar-refractivity contribution in [3.63, 3.8) is 0 Å². The fraction of sp³-hybridized carbons (Fsp3) is 0.562. The maximum absolute atomic E-state index is 13.6. The third-order valence-corrected chi connectivity index (χ3v) is 3.54. The highest BCUT2D eigenvalue weighted by Gasteiger charge is 2.14. The van der Waals surface area contributed by atoms with Gasteiger partial charge in [-0.2, -0.15) is 0 Å². The number of nitrogens with one attached hydrogen (secondary N) is 2. The molecule has 0 bridgehead atoms. The second-order valence-electron chi connectivity index (χ2n) is 5.28. The second kappa shape index (κ2) is 8.68. The predicted molar refractivity (Wildman–Crippen MR) is 82.8 cm³/mol. The summed E-state index contributed by atoms with van der Waals surface area (Å²) in [6, 6.07) is 3.40. The Morgan fingerprint density at radius 3 is 2.95 bits per heavy atom. The van der Waals surface area contributed by atoms with Gasteiger partial charge >= 0.3 is 0 Å². The number of hydrogen-bond donors (Lipinski definition) is 2. The van der Waals surface area contributed by atoms with E-state index >= 15 is 0 Å². The van der Waals surface area contributed by atoms with Crippen molar-refractivity contribution in [3.05, 3.63) is 35.4 Å². The molecular formula is C16H23F2N3O. The lowest BCUT2D eigenvalue weighted by Gasteiger charge is -2.13. The SMILES string of the molecule is CCNC(=NCc1cc(F)ccc1F)NCCC1CCCO1. The van der Waals surface area contributed by atoms with Crippen LogP contribution in [0, 0.1) is 11.6 Å². The second-order valence-corrected chi connectivity index (χ2v) is 5.28. The smallest absolute Gasteiger partial charge is 0.191 e. The van der Waals surface area contributed by atoms with E-state index in [2.05, 4.69) is 15.6 Å². The first-order valence-electron chi connectivity index (χ1n) is 7.76. The van der Waals surface area contributed by atoms with Crippen LogP contribution in [0.1, 0.15) is 31.7 Å². The Labute approximate surface area is 130 Å². The van der Waals surface area contributed by atoms with Crippen LogP contribution in [0.2, 0.25) is 0 Å². The van der Waals surface area contributed by atoms with Crippen LogP contribution in [0.25, 0.3) is 0 Å². The standard InChI is InChI=1S/C16H23F2N3O/c1-2-19-16(20-8-7-14-4-3-9-22-14)21-11-12-10-13(17)5-6-15(12)18/h5-6,10,14H,2-4,7-9,11H2,1H3,(H2,19,20,21). The van der Waals surface area contributed by atoms with Gasteiger partial charge < -0.3 is 15.4 Å². The Balaban J connectivity index is 1.86. The van der Waals surface area contributed by atoms with E-state index in [1.165, 1.54) is 6.07 Å². The highest BCUT2D eigenvalue weighted by molar-refractivity contribution is 5.79. The fourth-order valence-electron chi connectivity index (χ4n) is 2.39. The van der Waals surface area contributed by atoms with E-state index in [1.807, 2.05) is 6.92 Å². The number of halogens is 2. The van der Waals surface area contributed by atoms with Crippen molar-refractivity contribution in [1.82, 2.24) is 10.6 Å². The molecular weight excluding hydrogens is 288 g/mol. The van der Waals surface area contributed by atoms with Crippen LogP contribution >= 0.6 is 0 Å². The van der Waals surface area contributed by atoms with Crippen LogP contribution in [-0.4, -0.2) is 31.8 Å². The molecule has 1 atom stereocenters. The minimum Gasteiger partial charge on any atom is -0.378 e. The molecule has 6 heteroatoms. The number of hydrogen-bond acceptors (Lipinski definition) is 2. The highest BCUT2D eigenvalue weighted by Crippen LogP contribution is 2.14. The summed E-state index contributed by atoms with van der Waals surface area (Å²) in [5.41, 5.74) is 0.247. The van der Waals surface area contributed by atoms with Crippen LogP contribution in [0.4, 0.5) is 8.78 Å². The summed E-state index contributed by atoms with van der Waals surface area (Å²) in [5.74, 6) is -0.299. The summed E-state index contributed by atoms with van der Waals surface area (Å²) in [5, 5.41) is 6.29. The highest BCUT2D eigenvalue weighted by atomic mass is 19.1. The van der Waals surface area contributed by atoms with E-state index < -0.39 is 11.6 Å². The molecule has 1 aliphatic heterocycles. The molecule has 1 aromatic carbocycles. The fourth-order valence-corrected chi connectivity index (χ4v) is 2.39. The first-order chi connectivity index (χ1) is 10.7. The third-order valence-electron chi connectivity index (χ3n) is 3.54. The number of benzene rings is 1. The quantitative estimate of drug-likeness (QED) is 0.627. The molecule has 1 heterocycles. The third kappa shape index (κ3) is 5.26. The van der Waals surface area contributed by atoms with Crippen molar-refractivity contribution in [2.75, 3.05) is 19.7 Å². The van der Waals surface area contributed by atoms with Crippen molar-refractivity contribution in [2.24, 2.45) is 4.99 Å². The average Bonchev–Trinajstić information content (AvgIpc) is 3.01. The molecule has 0 aromatic heterocycles. The van der Waals surface area contributed by atoms with E-state index in [4.69, 9.17) is 4.74 Å². The van der Waals surface area contributed by atoms with Crippen molar-refractivity contribution < 1.29 is 13.5 Å². The topological polar surface area (TPSA) is 45.7 Å². The van der Waals surface area contributed by atoms with Gasteiger partial charge in [-0.1, -0.05) is 0 Å². The number of nitrogens with zero attached hydrogens (tertiary/aromatic N) is 1. The monoisotopic (exact) mass is 311 g/mol. The van der Waals surface area contributed by atoms with Gasteiger partial charge in [-0.15, -0.1) is 0 Å². The van der Waals surface area contributed by atoms with Crippen molar-refractivity contribution in [1.29, 1.82) is 0 Å². The molecule has 122 valence electrons. The van der Waals surface area contributed by atoms with E-state index in [0.29, 0.717) is 18.6 Å². The first-order valence-corrected chi connectivity index (χ1v) is 7.76. The van der Waals surface area contributed by atoms with Gasteiger partial charge in [0.05, 0.1) is 12.6 Å². The minimum absolute atomic E-state index is 0.0961. The van der Waals surface area contributed by atoms with Crippen molar-refractivity contribution in [2.45, 2.75) is 38.8 Å². The van der Waals surface area contributed by atoms with Crippen molar-refractivity contribution in [3.8, 4) is 0 Å². The normalized spacial score (nSPS) is 18.5. The van der Waals surface area contributed by atoms with E-state index in [1.54, 1.807) is 0 Å². The molecule has 22 heavy (non-hydrogen) atoms. The molecule has 0 aliphatic carbocycles. The summed E-state index contributed by atoms with van der Waals surface area (Å²) in [6.07, 6.45) is 3.45. The maximum atomic E-state index is 13.6. The van der Waals surface area contributed by atoms with Gasteiger partial charge in [-0.25, -0.2) is 13.8 Å². The summed E-state index contributed by atoms with van der Waals surface area (Å²) >= 11 is 0. The molecule has 0 saturated carbocycles. The van der Waals surface area contributed by atoms with Gasteiger partial charge in [0.15, 0.2) is 5.96 Å². The molecule has 1 fully saturated rings. The summed E-state index contributed by atoms with van der Waals surface area (Å²) < 4.78 is 32.3. The zero-order valence-electron chi connectivity index (χ0n) is 12.9. The largest absolute Gasteiger partial charge is 0.378 e. The Kier molecular flexibility index (Phi) is 6.58. The summed E-state index contributed by atoms with van der Waals surface area (Å²) in [4.78, 5) is 4.30. The average molecular weight is 311 g/mol. The first kappa shape index (κ1) is 16.7. The zero-order chi connectivity index (χ0) is 15.8. The van der Waals surface area contributed by atoms with Gasteiger partial charge in [0.25, 0.3) is 0 Å². The molecule has 1 aliphatic rings. The van der Waals surface area contributed by atoms with Crippen LogP contribution in [0.3, 0.4) is 0 Å². The van der Waals surface area contributed by atoms with Gasteiger partial charge in [0, 0.05) is 25.3 Å².